The number of carbonyl (C=O) groups excluding carboxylic acids is 1. The summed E-state index contributed by atoms with van der Waals surface area (Å²) in [6, 6.07) is 0. The van der Waals surface area contributed by atoms with Crippen LogP contribution in [-0.2, 0) is 4.79 Å². The molecule has 2 nitrogen and oxygen atoms in total. The molecule has 0 amide bonds. The Balaban J connectivity index is 3.94. The van der Waals surface area contributed by atoms with Gasteiger partial charge in [-0.05, 0) is 19.4 Å². The molecule has 0 spiro atoms. The summed E-state index contributed by atoms with van der Waals surface area (Å²) in [5, 5.41) is 0. The van der Waals surface area contributed by atoms with Crippen LogP contribution in [0.15, 0.2) is 17.1 Å². The van der Waals surface area contributed by atoms with E-state index in [-0.39, 0.29) is 0 Å². The number of rotatable bonds is 4. The molecule has 0 aliphatic heterocycles. The maximum Gasteiger partial charge on any atom is 0.167 e. The summed E-state index contributed by atoms with van der Waals surface area (Å²) in [5.74, 6) is 0. The molecule has 0 bridgehead atoms. The molecular weight excluding hydrogens is 126 g/mol. The van der Waals surface area contributed by atoms with E-state index >= 15 is 0 Å². The lowest BCUT2D eigenvalue weighted by molar-refractivity contribution is -0.102. The van der Waals surface area contributed by atoms with Gasteiger partial charge >= 0.3 is 0 Å². The predicted molar refractivity (Wildman–Crippen MR) is 43.5 cm³/mol. The van der Waals surface area contributed by atoms with Gasteiger partial charge in [0.05, 0.1) is 5.71 Å². The van der Waals surface area contributed by atoms with Crippen LogP contribution >= 0.6 is 0 Å². The highest BCUT2D eigenvalue weighted by atomic mass is 16.1. The molecule has 0 aromatic carbocycles. The molecule has 2 heteroatoms. The van der Waals surface area contributed by atoms with Gasteiger partial charge in [-0.3, -0.25) is 9.79 Å². The fourth-order valence-electron chi connectivity index (χ4n) is 0.550. The van der Waals surface area contributed by atoms with Gasteiger partial charge in [-0.2, -0.15) is 0 Å². The molecule has 0 saturated heterocycles. The topological polar surface area (TPSA) is 29.4 Å². The minimum Gasteiger partial charge on any atom is -0.296 e. The second-order valence-corrected chi connectivity index (χ2v) is 1.83. The Morgan fingerprint density at radius 1 is 1.50 bits per heavy atom. The lowest BCUT2D eigenvalue weighted by atomic mass is 10.3. The monoisotopic (exact) mass is 139 g/mol. The van der Waals surface area contributed by atoms with Crippen LogP contribution in [-0.4, -0.2) is 18.5 Å². The third-order valence-corrected chi connectivity index (χ3v) is 0.986. The van der Waals surface area contributed by atoms with Crippen LogP contribution in [0, 0.1) is 0 Å². The summed E-state index contributed by atoms with van der Waals surface area (Å²) < 4.78 is 0. The summed E-state index contributed by atoms with van der Waals surface area (Å²) in [4.78, 5) is 14.2. The number of hydrogen-bond donors (Lipinski definition) is 0. The van der Waals surface area contributed by atoms with Crippen molar-refractivity contribution in [2.24, 2.45) is 4.99 Å². The molecule has 0 aliphatic carbocycles. The molecule has 0 atom stereocenters. The molecule has 0 rings (SSSR count). The molecule has 0 fully saturated rings. The van der Waals surface area contributed by atoms with Crippen molar-refractivity contribution in [3.63, 3.8) is 0 Å². The van der Waals surface area contributed by atoms with E-state index in [4.69, 9.17) is 0 Å². The van der Waals surface area contributed by atoms with Gasteiger partial charge in [-0.15, -0.1) is 0 Å². The summed E-state index contributed by atoms with van der Waals surface area (Å²) in [5.41, 5.74) is 0.532. The molecule has 0 unspecified atom stereocenters. The molecule has 0 aromatic heterocycles. The van der Waals surface area contributed by atoms with Gasteiger partial charge in [0.2, 0.25) is 0 Å². The van der Waals surface area contributed by atoms with E-state index in [2.05, 4.69) is 4.99 Å². The van der Waals surface area contributed by atoms with Gasteiger partial charge in [0.15, 0.2) is 6.29 Å². The van der Waals surface area contributed by atoms with E-state index in [0.29, 0.717) is 12.3 Å². The van der Waals surface area contributed by atoms with E-state index < -0.39 is 0 Å². The first-order valence-electron chi connectivity index (χ1n) is 3.51. The molecule has 0 radical (unpaired) electrons. The quantitative estimate of drug-likeness (QED) is 0.430. The molecule has 0 saturated carbocycles. The Hall–Kier alpha value is -0.920. The number of hydrogen-bond acceptors (Lipinski definition) is 2. The van der Waals surface area contributed by atoms with Crippen molar-refractivity contribution in [2.75, 3.05) is 6.54 Å². The molecule has 10 heavy (non-hydrogen) atoms. The average Bonchev–Trinajstić information content (AvgIpc) is 1.98. The van der Waals surface area contributed by atoms with Crippen molar-refractivity contribution < 1.29 is 4.79 Å². The maximum atomic E-state index is 10.2. The standard InChI is InChI=1S/C8H13NO/c1-3-5-6-8(7-10)9-4-2/h5-7H,3-4H2,1-2H3. The Bertz CT molecular complexity index is 147. The molecule has 0 heterocycles. The zero-order chi connectivity index (χ0) is 7.82. The lowest BCUT2D eigenvalue weighted by Gasteiger charge is -1.86. The average molecular weight is 139 g/mol. The molecule has 56 valence electrons. The van der Waals surface area contributed by atoms with Crippen LogP contribution in [0.4, 0.5) is 0 Å². The van der Waals surface area contributed by atoms with E-state index in [0.717, 1.165) is 12.7 Å². The van der Waals surface area contributed by atoms with Crippen LogP contribution in [0.25, 0.3) is 0 Å². The van der Waals surface area contributed by atoms with Crippen molar-refractivity contribution in [3.8, 4) is 0 Å². The Morgan fingerprint density at radius 2 is 2.20 bits per heavy atom. The third kappa shape index (κ3) is 4.01. The molecular formula is C8H13NO. The Kier molecular flexibility index (Phi) is 5.63. The summed E-state index contributed by atoms with van der Waals surface area (Å²) in [6.45, 7) is 4.59. The first kappa shape index (κ1) is 9.08. The summed E-state index contributed by atoms with van der Waals surface area (Å²) in [7, 11) is 0. The number of allylic oxidation sites excluding steroid dienone is 2. The zero-order valence-corrected chi connectivity index (χ0v) is 6.50. The lowest BCUT2D eigenvalue weighted by Crippen LogP contribution is -1.94. The minimum atomic E-state index is 0.532. The van der Waals surface area contributed by atoms with Crippen LogP contribution in [0.2, 0.25) is 0 Å². The maximum absolute atomic E-state index is 10.2. The molecule has 0 aromatic rings. The van der Waals surface area contributed by atoms with Crippen LogP contribution in [0.3, 0.4) is 0 Å². The van der Waals surface area contributed by atoms with Crippen LogP contribution in [0.1, 0.15) is 20.3 Å². The second kappa shape index (κ2) is 6.20. The van der Waals surface area contributed by atoms with Crippen LogP contribution < -0.4 is 0 Å². The van der Waals surface area contributed by atoms with Crippen molar-refractivity contribution in [2.45, 2.75) is 20.3 Å². The predicted octanol–water partition coefficient (Wildman–Crippen LogP) is 1.61. The third-order valence-electron chi connectivity index (χ3n) is 0.986. The van der Waals surface area contributed by atoms with Crippen LogP contribution in [0.5, 0.6) is 0 Å². The van der Waals surface area contributed by atoms with Gasteiger partial charge < -0.3 is 0 Å². The zero-order valence-electron chi connectivity index (χ0n) is 6.50. The normalized spacial score (nSPS) is 12.4. The fraction of sp³-hybridized carbons (Fsp3) is 0.500. The summed E-state index contributed by atoms with van der Waals surface area (Å²) >= 11 is 0. The second-order valence-electron chi connectivity index (χ2n) is 1.83. The number of aliphatic imine (C=N–C) groups is 1. The van der Waals surface area contributed by atoms with Crippen molar-refractivity contribution in [1.82, 2.24) is 0 Å². The Morgan fingerprint density at radius 3 is 2.60 bits per heavy atom. The van der Waals surface area contributed by atoms with Crippen molar-refractivity contribution >= 4 is 12.0 Å². The van der Waals surface area contributed by atoms with E-state index in [1.54, 1.807) is 6.08 Å². The van der Waals surface area contributed by atoms with Gasteiger partial charge in [0.1, 0.15) is 0 Å². The largest absolute Gasteiger partial charge is 0.296 e. The fourth-order valence-corrected chi connectivity index (χ4v) is 0.550. The van der Waals surface area contributed by atoms with E-state index in [1.165, 1.54) is 0 Å². The Labute approximate surface area is 61.7 Å². The smallest absolute Gasteiger partial charge is 0.167 e. The van der Waals surface area contributed by atoms with Gasteiger partial charge in [0, 0.05) is 6.54 Å². The van der Waals surface area contributed by atoms with Gasteiger partial charge in [-0.1, -0.05) is 13.0 Å². The highest BCUT2D eigenvalue weighted by Crippen LogP contribution is 1.82. The summed E-state index contributed by atoms with van der Waals surface area (Å²) in [6.07, 6.45) is 5.38. The highest BCUT2D eigenvalue weighted by molar-refractivity contribution is 6.33. The minimum absolute atomic E-state index is 0.532. The van der Waals surface area contributed by atoms with Crippen molar-refractivity contribution in [3.05, 3.63) is 12.2 Å². The number of aldehydes is 1. The van der Waals surface area contributed by atoms with E-state index in [9.17, 15) is 4.79 Å². The first-order valence-corrected chi connectivity index (χ1v) is 3.51. The highest BCUT2D eigenvalue weighted by Gasteiger charge is 1.85. The van der Waals surface area contributed by atoms with E-state index in [1.807, 2.05) is 19.9 Å². The SMILES string of the molecule is CCC=CC(C=O)=NCC. The van der Waals surface area contributed by atoms with Gasteiger partial charge in [-0.25, -0.2) is 0 Å². The van der Waals surface area contributed by atoms with Gasteiger partial charge in [0.25, 0.3) is 0 Å². The number of nitrogens with zero attached hydrogens (tertiary/aromatic N) is 1. The molecule has 0 N–H and O–H groups in total. The number of carbonyl (C=O) groups is 1. The first-order chi connectivity index (χ1) is 4.85. The molecule has 0 aliphatic rings. The van der Waals surface area contributed by atoms with Crippen molar-refractivity contribution in [1.29, 1.82) is 0 Å².